The Hall–Kier alpha value is -1.03. The third-order valence-electron chi connectivity index (χ3n) is 3.23. The number of hydrogen-bond donors (Lipinski definition) is 1. The van der Waals surface area contributed by atoms with Crippen molar-refractivity contribution in [3.8, 4) is 0 Å². The van der Waals surface area contributed by atoms with Crippen molar-refractivity contribution < 1.29 is 4.79 Å². The van der Waals surface area contributed by atoms with Crippen molar-refractivity contribution in [2.24, 2.45) is 11.8 Å². The molecular weight excluding hydrogens is 292 g/mol. The van der Waals surface area contributed by atoms with Crippen LogP contribution in [-0.2, 0) is 0 Å². The Kier molecular flexibility index (Phi) is 4.27. The Morgan fingerprint density at radius 1 is 1.33 bits per heavy atom. The minimum atomic E-state index is 0.00602. The standard InChI is InChI=1S/C14H19BrN2O/c1-10-6-11(2)9-17(8-10)14(18)16-13-5-3-4-12(15)7-13/h3-5,7,10-11H,6,8-9H2,1-2H3,(H,16,18)/t10-,11-/m0/s1. The van der Waals surface area contributed by atoms with E-state index in [2.05, 4.69) is 35.1 Å². The van der Waals surface area contributed by atoms with Crippen LogP contribution < -0.4 is 5.32 Å². The third-order valence-corrected chi connectivity index (χ3v) is 3.73. The first-order valence-electron chi connectivity index (χ1n) is 6.36. The van der Waals surface area contributed by atoms with Crippen LogP contribution in [0, 0.1) is 11.8 Å². The maximum Gasteiger partial charge on any atom is 0.321 e. The minimum Gasteiger partial charge on any atom is -0.324 e. The topological polar surface area (TPSA) is 32.3 Å². The van der Waals surface area contributed by atoms with Gasteiger partial charge in [0.25, 0.3) is 0 Å². The summed E-state index contributed by atoms with van der Waals surface area (Å²) in [6.07, 6.45) is 1.21. The average molecular weight is 311 g/mol. The molecule has 0 saturated carbocycles. The Morgan fingerprint density at radius 2 is 2.00 bits per heavy atom. The molecule has 2 rings (SSSR count). The minimum absolute atomic E-state index is 0.00602. The second kappa shape index (κ2) is 5.74. The number of halogens is 1. The third kappa shape index (κ3) is 3.48. The maximum absolute atomic E-state index is 12.2. The van der Waals surface area contributed by atoms with E-state index in [1.807, 2.05) is 29.2 Å². The number of carbonyl (C=O) groups excluding carboxylic acids is 1. The number of piperidine rings is 1. The second-order valence-electron chi connectivity index (χ2n) is 5.29. The van der Waals surface area contributed by atoms with Crippen LogP contribution in [-0.4, -0.2) is 24.0 Å². The second-order valence-corrected chi connectivity index (χ2v) is 6.21. The zero-order chi connectivity index (χ0) is 13.1. The van der Waals surface area contributed by atoms with E-state index in [9.17, 15) is 4.79 Å². The van der Waals surface area contributed by atoms with E-state index in [0.29, 0.717) is 11.8 Å². The van der Waals surface area contributed by atoms with Crippen molar-refractivity contribution in [2.75, 3.05) is 18.4 Å². The summed E-state index contributed by atoms with van der Waals surface area (Å²) >= 11 is 3.40. The van der Waals surface area contributed by atoms with Crippen LogP contribution in [0.3, 0.4) is 0 Å². The molecule has 2 atom stereocenters. The molecule has 1 saturated heterocycles. The van der Waals surface area contributed by atoms with Crippen molar-refractivity contribution in [3.05, 3.63) is 28.7 Å². The predicted octanol–water partition coefficient (Wildman–Crippen LogP) is 3.96. The van der Waals surface area contributed by atoms with Gasteiger partial charge in [0.05, 0.1) is 0 Å². The summed E-state index contributed by atoms with van der Waals surface area (Å²) in [5.41, 5.74) is 0.834. The fraction of sp³-hybridized carbons (Fsp3) is 0.500. The molecule has 0 unspecified atom stereocenters. The van der Waals surface area contributed by atoms with Gasteiger partial charge in [0.15, 0.2) is 0 Å². The van der Waals surface area contributed by atoms with Crippen LogP contribution in [0.2, 0.25) is 0 Å². The van der Waals surface area contributed by atoms with E-state index in [0.717, 1.165) is 23.2 Å². The summed E-state index contributed by atoms with van der Waals surface area (Å²) in [5, 5.41) is 2.95. The summed E-state index contributed by atoms with van der Waals surface area (Å²) in [5.74, 6) is 1.17. The molecule has 0 aromatic heterocycles. The van der Waals surface area contributed by atoms with E-state index >= 15 is 0 Å². The molecule has 98 valence electrons. The number of carbonyl (C=O) groups is 1. The number of urea groups is 1. The Labute approximate surface area is 117 Å². The molecular formula is C14H19BrN2O. The van der Waals surface area contributed by atoms with Gasteiger partial charge >= 0.3 is 6.03 Å². The van der Waals surface area contributed by atoms with Gasteiger partial charge in [-0.3, -0.25) is 0 Å². The molecule has 1 aromatic rings. The van der Waals surface area contributed by atoms with Crippen LogP contribution >= 0.6 is 15.9 Å². The Morgan fingerprint density at radius 3 is 2.61 bits per heavy atom. The lowest BCUT2D eigenvalue weighted by molar-refractivity contribution is 0.156. The number of anilines is 1. The Bertz CT molecular complexity index is 426. The summed E-state index contributed by atoms with van der Waals surface area (Å²) in [4.78, 5) is 14.1. The van der Waals surface area contributed by atoms with Crippen molar-refractivity contribution in [3.63, 3.8) is 0 Å². The zero-order valence-electron chi connectivity index (χ0n) is 10.8. The molecule has 1 aromatic carbocycles. The lowest BCUT2D eigenvalue weighted by Gasteiger charge is -2.34. The first-order chi connectivity index (χ1) is 8.54. The first-order valence-corrected chi connectivity index (χ1v) is 7.15. The molecule has 1 aliphatic rings. The molecule has 2 amide bonds. The highest BCUT2D eigenvalue weighted by Crippen LogP contribution is 2.22. The van der Waals surface area contributed by atoms with Crippen LogP contribution in [0.4, 0.5) is 10.5 Å². The summed E-state index contributed by atoms with van der Waals surface area (Å²) in [6.45, 7) is 6.11. The number of amides is 2. The molecule has 1 aliphatic heterocycles. The molecule has 4 heteroatoms. The van der Waals surface area contributed by atoms with Crippen molar-refractivity contribution >= 4 is 27.6 Å². The lowest BCUT2D eigenvalue weighted by atomic mass is 9.92. The quantitative estimate of drug-likeness (QED) is 0.836. The van der Waals surface area contributed by atoms with Gasteiger partial charge in [-0.15, -0.1) is 0 Å². The first kappa shape index (κ1) is 13.4. The summed E-state index contributed by atoms with van der Waals surface area (Å²) in [7, 11) is 0. The fourth-order valence-corrected chi connectivity index (χ4v) is 3.00. The van der Waals surface area contributed by atoms with Gasteiger partial charge in [0.2, 0.25) is 0 Å². The molecule has 1 fully saturated rings. The number of benzene rings is 1. The molecule has 1 heterocycles. The normalized spacial score (nSPS) is 23.8. The van der Waals surface area contributed by atoms with Crippen LogP contribution in [0.25, 0.3) is 0 Å². The molecule has 1 N–H and O–H groups in total. The number of hydrogen-bond acceptors (Lipinski definition) is 1. The van der Waals surface area contributed by atoms with Crippen molar-refractivity contribution in [1.29, 1.82) is 0 Å². The molecule has 0 spiro atoms. The van der Waals surface area contributed by atoms with Gasteiger partial charge in [-0.05, 0) is 36.5 Å². The summed E-state index contributed by atoms with van der Waals surface area (Å²) < 4.78 is 0.973. The van der Waals surface area contributed by atoms with E-state index in [1.54, 1.807) is 0 Å². The Balaban J connectivity index is 1.99. The van der Waals surface area contributed by atoms with E-state index in [-0.39, 0.29) is 6.03 Å². The predicted molar refractivity (Wildman–Crippen MR) is 77.7 cm³/mol. The monoisotopic (exact) mass is 310 g/mol. The van der Waals surface area contributed by atoms with Crippen LogP contribution in [0.5, 0.6) is 0 Å². The molecule has 0 radical (unpaired) electrons. The van der Waals surface area contributed by atoms with E-state index in [4.69, 9.17) is 0 Å². The molecule has 18 heavy (non-hydrogen) atoms. The SMILES string of the molecule is C[C@H]1C[C@H](C)CN(C(=O)Nc2cccc(Br)c2)C1. The number of likely N-dealkylation sites (tertiary alicyclic amines) is 1. The van der Waals surface area contributed by atoms with Gasteiger partial charge in [0, 0.05) is 23.2 Å². The van der Waals surface area contributed by atoms with Gasteiger partial charge in [-0.25, -0.2) is 4.79 Å². The van der Waals surface area contributed by atoms with Gasteiger partial charge in [-0.2, -0.15) is 0 Å². The largest absolute Gasteiger partial charge is 0.324 e. The van der Waals surface area contributed by atoms with Crippen LogP contribution in [0.1, 0.15) is 20.3 Å². The van der Waals surface area contributed by atoms with Gasteiger partial charge in [0.1, 0.15) is 0 Å². The number of nitrogens with one attached hydrogen (secondary N) is 1. The smallest absolute Gasteiger partial charge is 0.321 e. The molecule has 0 aliphatic carbocycles. The average Bonchev–Trinajstić information content (AvgIpc) is 2.27. The van der Waals surface area contributed by atoms with E-state index < -0.39 is 0 Å². The lowest BCUT2D eigenvalue weighted by Crippen LogP contribution is -2.44. The highest BCUT2D eigenvalue weighted by Gasteiger charge is 2.25. The van der Waals surface area contributed by atoms with Gasteiger partial charge in [-0.1, -0.05) is 35.8 Å². The van der Waals surface area contributed by atoms with Crippen molar-refractivity contribution in [2.45, 2.75) is 20.3 Å². The highest BCUT2D eigenvalue weighted by molar-refractivity contribution is 9.10. The zero-order valence-corrected chi connectivity index (χ0v) is 12.4. The van der Waals surface area contributed by atoms with Crippen LogP contribution in [0.15, 0.2) is 28.7 Å². The number of rotatable bonds is 1. The fourth-order valence-electron chi connectivity index (χ4n) is 2.60. The summed E-state index contributed by atoms with van der Waals surface area (Å²) in [6, 6.07) is 7.68. The maximum atomic E-state index is 12.2. The van der Waals surface area contributed by atoms with E-state index in [1.165, 1.54) is 6.42 Å². The highest BCUT2D eigenvalue weighted by atomic mass is 79.9. The van der Waals surface area contributed by atoms with Gasteiger partial charge < -0.3 is 10.2 Å². The molecule has 3 nitrogen and oxygen atoms in total. The molecule has 0 bridgehead atoms. The number of nitrogens with zero attached hydrogens (tertiary/aromatic N) is 1. The van der Waals surface area contributed by atoms with Crippen molar-refractivity contribution in [1.82, 2.24) is 4.90 Å².